The molecule has 2 nitrogen and oxygen atoms in total. The Morgan fingerprint density at radius 2 is 1.65 bits per heavy atom. The van der Waals surface area contributed by atoms with Gasteiger partial charge in [-0.3, -0.25) is 4.79 Å². The van der Waals surface area contributed by atoms with Crippen LogP contribution in [0.3, 0.4) is 0 Å². The summed E-state index contributed by atoms with van der Waals surface area (Å²) in [7, 11) is 0. The molecule has 0 unspecified atom stereocenters. The zero-order chi connectivity index (χ0) is 14.8. The minimum Gasteiger partial charge on any atom is -0.406 e. The predicted octanol–water partition coefficient (Wildman–Crippen LogP) is 4.59. The molecule has 0 bridgehead atoms. The van der Waals surface area contributed by atoms with E-state index in [1.807, 2.05) is 0 Å². The highest BCUT2D eigenvalue weighted by molar-refractivity contribution is 5.97. The summed E-state index contributed by atoms with van der Waals surface area (Å²) in [4.78, 5) is 12.2. The van der Waals surface area contributed by atoms with Crippen molar-refractivity contribution in [3.05, 3.63) is 29.8 Å². The van der Waals surface area contributed by atoms with Crippen molar-refractivity contribution in [2.45, 2.75) is 39.0 Å². The van der Waals surface area contributed by atoms with Crippen LogP contribution in [0, 0.1) is 11.8 Å². The number of rotatable bonds is 3. The van der Waals surface area contributed by atoms with Gasteiger partial charge in [-0.2, -0.15) is 0 Å². The van der Waals surface area contributed by atoms with Crippen molar-refractivity contribution in [1.29, 1.82) is 0 Å². The van der Waals surface area contributed by atoms with Crippen LogP contribution in [0.25, 0.3) is 0 Å². The summed E-state index contributed by atoms with van der Waals surface area (Å²) in [5.41, 5.74) is 0.457. The number of ketones is 1. The molecule has 1 aliphatic rings. The van der Waals surface area contributed by atoms with Crippen LogP contribution in [0.15, 0.2) is 24.3 Å². The van der Waals surface area contributed by atoms with E-state index >= 15 is 0 Å². The van der Waals surface area contributed by atoms with Gasteiger partial charge in [-0.25, -0.2) is 0 Å². The van der Waals surface area contributed by atoms with Gasteiger partial charge in [-0.1, -0.05) is 19.8 Å². The largest absolute Gasteiger partial charge is 0.573 e. The first-order chi connectivity index (χ1) is 9.35. The molecule has 1 aromatic carbocycles. The molecule has 0 saturated heterocycles. The molecule has 5 heteroatoms. The van der Waals surface area contributed by atoms with Crippen LogP contribution in [0.2, 0.25) is 0 Å². The van der Waals surface area contributed by atoms with E-state index < -0.39 is 6.36 Å². The molecule has 0 N–H and O–H groups in total. The zero-order valence-corrected chi connectivity index (χ0v) is 11.2. The molecule has 0 aliphatic heterocycles. The Hall–Kier alpha value is -1.52. The van der Waals surface area contributed by atoms with Crippen LogP contribution < -0.4 is 4.74 Å². The van der Waals surface area contributed by atoms with Gasteiger partial charge < -0.3 is 4.74 Å². The number of hydrogen-bond acceptors (Lipinski definition) is 2. The second-order valence-electron chi connectivity index (χ2n) is 5.39. The standard InChI is InChI=1S/C15H17F3O2/c1-10-2-4-11(5-3-10)14(19)12-6-8-13(9-7-12)20-15(16,17)18/h6-11H,2-5H2,1H3. The molecular formula is C15H17F3O2. The summed E-state index contributed by atoms with van der Waals surface area (Å²) in [5.74, 6) is 0.379. The predicted molar refractivity (Wildman–Crippen MR) is 68.6 cm³/mol. The van der Waals surface area contributed by atoms with Crippen LogP contribution in [0.4, 0.5) is 13.2 Å². The van der Waals surface area contributed by atoms with E-state index in [0.29, 0.717) is 11.5 Å². The Bertz CT molecular complexity index is 457. The number of hydrogen-bond donors (Lipinski definition) is 0. The van der Waals surface area contributed by atoms with E-state index in [1.54, 1.807) is 0 Å². The van der Waals surface area contributed by atoms with E-state index in [2.05, 4.69) is 11.7 Å². The SMILES string of the molecule is CC1CCC(C(=O)c2ccc(OC(F)(F)F)cc2)CC1. The normalized spacial score (nSPS) is 23.4. The van der Waals surface area contributed by atoms with Crippen molar-refractivity contribution in [3.63, 3.8) is 0 Å². The topological polar surface area (TPSA) is 26.3 Å². The Kier molecular flexibility index (Phi) is 4.35. The van der Waals surface area contributed by atoms with E-state index in [1.165, 1.54) is 24.3 Å². The van der Waals surface area contributed by atoms with E-state index in [0.717, 1.165) is 25.7 Å². The number of ether oxygens (including phenoxy) is 1. The fourth-order valence-electron chi connectivity index (χ4n) is 2.58. The number of halogens is 3. The Balaban J connectivity index is 2.00. The first-order valence-corrected chi connectivity index (χ1v) is 6.75. The molecule has 0 atom stereocenters. The Morgan fingerprint density at radius 3 is 2.15 bits per heavy atom. The van der Waals surface area contributed by atoms with E-state index in [9.17, 15) is 18.0 Å². The molecular weight excluding hydrogens is 269 g/mol. The minimum atomic E-state index is -4.70. The van der Waals surface area contributed by atoms with Gasteiger partial charge in [0, 0.05) is 11.5 Å². The molecule has 0 aromatic heterocycles. The summed E-state index contributed by atoms with van der Waals surface area (Å²) >= 11 is 0. The molecule has 1 aromatic rings. The van der Waals surface area contributed by atoms with Gasteiger partial charge in [0.05, 0.1) is 0 Å². The third kappa shape index (κ3) is 3.99. The second-order valence-corrected chi connectivity index (χ2v) is 5.39. The van der Waals surface area contributed by atoms with E-state index in [-0.39, 0.29) is 17.5 Å². The molecule has 0 amide bonds. The highest BCUT2D eigenvalue weighted by atomic mass is 19.4. The maximum Gasteiger partial charge on any atom is 0.573 e. The van der Waals surface area contributed by atoms with Gasteiger partial charge in [0.25, 0.3) is 0 Å². The molecule has 0 spiro atoms. The van der Waals surface area contributed by atoms with Gasteiger partial charge in [-0.15, -0.1) is 13.2 Å². The summed E-state index contributed by atoms with van der Waals surface area (Å²) in [6.07, 6.45) is -0.913. The number of alkyl halides is 3. The first-order valence-electron chi connectivity index (χ1n) is 6.75. The van der Waals surface area contributed by atoms with Crippen LogP contribution in [-0.4, -0.2) is 12.1 Å². The molecule has 20 heavy (non-hydrogen) atoms. The van der Waals surface area contributed by atoms with Gasteiger partial charge in [0.1, 0.15) is 5.75 Å². The molecule has 1 fully saturated rings. The number of carbonyl (C=O) groups is 1. The monoisotopic (exact) mass is 286 g/mol. The maximum atomic E-state index is 12.2. The Labute approximate surface area is 115 Å². The van der Waals surface area contributed by atoms with Gasteiger partial charge in [0.15, 0.2) is 5.78 Å². The van der Waals surface area contributed by atoms with Gasteiger partial charge >= 0.3 is 6.36 Å². The lowest BCUT2D eigenvalue weighted by Crippen LogP contribution is -2.21. The maximum absolute atomic E-state index is 12.2. The van der Waals surface area contributed by atoms with Crippen molar-refractivity contribution in [3.8, 4) is 5.75 Å². The molecule has 0 heterocycles. The lowest BCUT2D eigenvalue weighted by atomic mass is 9.79. The number of benzene rings is 1. The third-order valence-corrected chi connectivity index (χ3v) is 3.76. The molecule has 1 saturated carbocycles. The minimum absolute atomic E-state index is 0.000541. The fourth-order valence-corrected chi connectivity index (χ4v) is 2.58. The lowest BCUT2D eigenvalue weighted by molar-refractivity contribution is -0.274. The van der Waals surface area contributed by atoms with Crippen molar-refractivity contribution >= 4 is 5.78 Å². The first kappa shape index (κ1) is 14.9. The lowest BCUT2D eigenvalue weighted by Gasteiger charge is -2.25. The zero-order valence-electron chi connectivity index (χ0n) is 11.2. The highest BCUT2D eigenvalue weighted by Crippen LogP contribution is 2.31. The van der Waals surface area contributed by atoms with Crippen molar-refractivity contribution < 1.29 is 22.7 Å². The molecule has 1 aliphatic carbocycles. The quantitative estimate of drug-likeness (QED) is 0.759. The van der Waals surface area contributed by atoms with Crippen LogP contribution in [0.1, 0.15) is 43.0 Å². The highest BCUT2D eigenvalue weighted by Gasteiger charge is 2.31. The molecule has 2 rings (SSSR count). The van der Waals surface area contributed by atoms with Crippen molar-refractivity contribution in [2.75, 3.05) is 0 Å². The van der Waals surface area contributed by atoms with Crippen LogP contribution in [0.5, 0.6) is 5.75 Å². The third-order valence-electron chi connectivity index (χ3n) is 3.76. The smallest absolute Gasteiger partial charge is 0.406 e. The van der Waals surface area contributed by atoms with E-state index in [4.69, 9.17) is 0 Å². The van der Waals surface area contributed by atoms with Crippen molar-refractivity contribution in [1.82, 2.24) is 0 Å². The Morgan fingerprint density at radius 1 is 1.10 bits per heavy atom. The summed E-state index contributed by atoms with van der Waals surface area (Å²) in [6.45, 7) is 2.17. The van der Waals surface area contributed by atoms with Gasteiger partial charge in [-0.05, 0) is 43.0 Å². The van der Waals surface area contributed by atoms with Gasteiger partial charge in [0.2, 0.25) is 0 Å². The van der Waals surface area contributed by atoms with Crippen LogP contribution in [-0.2, 0) is 0 Å². The average Bonchev–Trinajstić information content (AvgIpc) is 2.38. The summed E-state index contributed by atoms with van der Waals surface area (Å²) in [6, 6.07) is 5.18. The van der Waals surface area contributed by atoms with Crippen LogP contribution >= 0.6 is 0 Å². The summed E-state index contributed by atoms with van der Waals surface area (Å²) in [5, 5.41) is 0. The molecule has 0 radical (unpaired) electrons. The molecule has 110 valence electrons. The number of carbonyl (C=O) groups excluding carboxylic acids is 1. The summed E-state index contributed by atoms with van der Waals surface area (Å²) < 4.78 is 39.9. The number of Topliss-reactive ketones (excluding diaryl/α,β-unsaturated/α-hetero) is 1. The average molecular weight is 286 g/mol. The second kappa shape index (κ2) is 5.85. The fraction of sp³-hybridized carbons (Fsp3) is 0.533. The van der Waals surface area contributed by atoms with Crippen molar-refractivity contribution in [2.24, 2.45) is 11.8 Å².